The minimum Gasteiger partial charge on any atom is -0.370 e. The van der Waals surface area contributed by atoms with Crippen LogP contribution in [0.3, 0.4) is 0 Å². The van der Waals surface area contributed by atoms with E-state index in [2.05, 4.69) is 41.1 Å². The number of ether oxygens (including phenoxy) is 1. The van der Waals surface area contributed by atoms with Gasteiger partial charge in [0.2, 0.25) is 0 Å². The summed E-state index contributed by atoms with van der Waals surface area (Å²) in [6.07, 6.45) is 6.32. The van der Waals surface area contributed by atoms with Crippen molar-refractivity contribution in [2.45, 2.75) is 39.7 Å². The largest absolute Gasteiger partial charge is 0.370 e. The zero-order valence-electron chi connectivity index (χ0n) is 15.6. The van der Waals surface area contributed by atoms with Gasteiger partial charge in [-0.05, 0) is 18.3 Å². The maximum atomic E-state index is 5.89. The summed E-state index contributed by atoms with van der Waals surface area (Å²) in [6.45, 7) is 10.2. The molecule has 0 spiro atoms. The number of morpholine rings is 1. The van der Waals surface area contributed by atoms with Crippen molar-refractivity contribution in [1.82, 2.24) is 20.0 Å². The van der Waals surface area contributed by atoms with Gasteiger partial charge in [0.1, 0.15) is 6.10 Å². The van der Waals surface area contributed by atoms with E-state index in [-0.39, 0.29) is 30.1 Å². The van der Waals surface area contributed by atoms with E-state index in [0.29, 0.717) is 12.0 Å². The highest BCUT2D eigenvalue weighted by atomic mass is 127. The van der Waals surface area contributed by atoms with Gasteiger partial charge in [-0.15, -0.1) is 24.0 Å². The van der Waals surface area contributed by atoms with Crippen LogP contribution in [0.25, 0.3) is 0 Å². The smallest absolute Gasteiger partial charge is 0.193 e. The maximum Gasteiger partial charge on any atom is 0.193 e. The Labute approximate surface area is 163 Å². The molecule has 1 unspecified atom stereocenters. The number of hydrogen-bond donors (Lipinski definition) is 1. The highest BCUT2D eigenvalue weighted by Crippen LogP contribution is 2.22. The number of nitrogens with one attached hydrogen (secondary N) is 1. The first kappa shape index (κ1) is 21.2. The number of rotatable bonds is 4. The molecule has 24 heavy (non-hydrogen) atoms. The number of aromatic nitrogens is 2. The number of nitrogens with zero attached hydrogens (tertiary/aromatic N) is 4. The van der Waals surface area contributed by atoms with Crippen LogP contribution in [0.15, 0.2) is 17.4 Å². The van der Waals surface area contributed by atoms with E-state index in [1.54, 1.807) is 0 Å². The average molecular weight is 449 g/mol. The summed E-state index contributed by atoms with van der Waals surface area (Å²) in [4.78, 5) is 6.71. The number of guanidine groups is 1. The Kier molecular flexibility index (Phi) is 8.49. The van der Waals surface area contributed by atoms with Crippen molar-refractivity contribution in [2.24, 2.45) is 17.5 Å². The molecule has 0 saturated carbocycles. The summed E-state index contributed by atoms with van der Waals surface area (Å²) in [6, 6.07) is 0. The quantitative estimate of drug-likeness (QED) is 0.333. The molecule has 1 aromatic rings. The Bertz CT molecular complexity index is 523. The SMILES string of the molecule is CN=C(NCCCC(C)(C)C)N1CCOC(c2cnn(C)c2)C1.I. The Morgan fingerprint density at radius 3 is 2.79 bits per heavy atom. The predicted molar refractivity (Wildman–Crippen MR) is 109 cm³/mol. The first-order valence-electron chi connectivity index (χ1n) is 8.45. The molecule has 1 N–H and O–H groups in total. The van der Waals surface area contributed by atoms with Crippen molar-refractivity contribution in [1.29, 1.82) is 0 Å². The van der Waals surface area contributed by atoms with Crippen LogP contribution >= 0.6 is 24.0 Å². The van der Waals surface area contributed by atoms with Gasteiger partial charge in [0.15, 0.2) is 5.96 Å². The van der Waals surface area contributed by atoms with E-state index >= 15 is 0 Å². The van der Waals surface area contributed by atoms with Gasteiger partial charge >= 0.3 is 0 Å². The van der Waals surface area contributed by atoms with Crippen molar-refractivity contribution < 1.29 is 4.74 Å². The molecule has 1 atom stereocenters. The van der Waals surface area contributed by atoms with Crippen molar-refractivity contribution >= 4 is 29.9 Å². The fourth-order valence-corrected chi connectivity index (χ4v) is 2.80. The van der Waals surface area contributed by atoms with Crippen LogP contribution in [-0.2, 0) is 11.8 Å². The van der Waals surface area contributed by atoms with E-state index in [0.717, 1.165) is 37.6 Å². The van der Waals surface area contributed by atoms with Gasteiger partial charge in [0.25, 0.3) is 0 Å². The van der Waals surface area contributed by atoms with Gasteiger partial charge in [-0.2, -0.15) is 5.10 Å². The summed E-state index contributed by atoms with van der Waals surface area (Å²) in [5.74, 6) is 0.969. The summed E-state index contributed by atoms with van der Waals surface area (Å²) < 4.78 is 7.71. The molecule has 0 bridgehead atoms. The summed E-state index contributed by atoms with van der Waals surface area (Å²) >= 11 is 0. The lowest BCUT2D eigenvalue weighted by Gasteiger charge is -2.34. The van der Waals surface area contributed by atoms with Crippen molar-refractivity contribution in [3.8, 4) is 0 Å². The molecule has 138 valence electrons. The first-order valence-corrected chi connectivity index (χ1v) is 8.45. The lowest BCUT2D eigenvalue weighted by atomic mass is 9.91. The zero-order chi connectivity index (χ0) is 16.9. The van der Waals surface area contributed by atoms with Gasteiger partial charge in [0.05, 0.1) is 19.3 Å². The van der Waals surface area contributed by atoms with Crippen molar-refractivity contribution in [2.75, 3.05) is 33.3 Å². The number of aryl methyl sites for hydroxylation is 1. The summed E-state index contributed by atoms with van der Waals surface area (Å²) in [7, 11) is 3.78. The maximum absolute atomic E-state index is 5.89. The minimum atomic E-state index is 0. The fourth-order valence-electron chi connectivity index (χ4n) is 2.80. The van der Waals surface area contributed by atoms with Crippen LogP contribution in [-0.4, -0.2) is 53.9 Å². The van der Waals surface area contributed by atoms with E-state index in [4.69, 9.17) is 4.74 Å². The fraction of sp³-hybridized carbons (Fsp3) is 0.765. The Morgan fingerprint density at radius 1 is 1.46 bits per heavy atom. The summed E-state index contributed by atoms with van der Waals surface area (Å²) in [5.41, 5.74) is 1.51. The molecule has 1 aliphatic rings. The second kappa shape index (κ2) is 9.60. The second-order valence-corrected chi connectivity index (χ2v) is 7.39. The van der Waals surface area contributed by atoms with Crippen molar-refractivity contribution in [3.63, 3.8) is 0 Å². The van der Waals surface area contributed by atoms with Crippen LogP contribution < -0.4 is 5.32 Å². The molecule has 1 fully saturated rings. The Hall–Kier alpha value is -0.830. The zero-order valence-corrected chi connectivity index (χ0v) is 17.9. The predicted octanol–water partition coefficient (Wildman–Crippen LogP) is 2.81. The molecule has 6 nitrogen and oxygen atoms in total. The molecule has 7 heteroatoms. The third-order valence-corrected chi connectivity index (χ3v) is 4.06. The molecule has 0 aromatic carbocycles. The van der Waals surface area contributed by atoms with Crippen LogP contribution in [0.5, 0.6) is 0 Å². The molecule has 0 aliphatic carbocycles. The summed E-state index contributed by atoms with van der Waals surface area (Å²) in [5, 5.41) is 7.73. The number of halogens is 1. The van der Waals surface area contributed by atoms with Gasteiger partial charge in [-0.1, -0.05) is 20.8 Å². The molecular weight excluding hydrogens is 417 g/mol. The molecule has 0 amide bonds. The average Bonchev–Trinajstić information content (AvgIpc) is 2.93. The molecular formula is C17H32IN5O. The monoisotopic (exact) mass is 449 g/mol. The van der Waals surface area contributed by atoms with Crippen LogP contribution in [0.2, 0.25) is 0 Å². The molecule has 1 saturated heterocycles. The third-order valence-electron chi connectivity index (χ3n) is 4.06. The van der Waals surface area contributed by atoms with E-state index in [9.17, 15) is 0 Å². The molecule has 0 radical (unpaired) electrons. The Balaban J connectivity index is 0.00000288. The lowest BCUT2D eigenvalue weighted by molar-refractivity contribution is -0.00802. The van der Waals surface area contributed by atoms with E-state index < -0.39 is 0 Å². The third kappa shape index (κ3) is 6.58. The van der Waals surface area contributed by atoms with Gasteiger partial charge in [-0.3, -0.25) is 9.67 Å². The topological polar surface area (TPSA) is 54.7 Å². The standard InChI is InChI=1S/C17H31N5O.HI/c1-17(2,3)7-6-8-19-16(18-4)22-9-10-23-15(13-22)14-11-20-21(5)12-14;/h11-12,15H,6-10,13H2,1-5H3,(H,18,19);1H. The highest BCUT2D eigenvalue weighted by molar-refractivity contribution is 14.0. The highest BCUT2D eigenvalue weighted by Gasteiger charge is 2.25. The first-order chi connectivity index (χ1) is 10.9. The van der Waals surface area contributed by atoms with E-state index in [1.807, 2.05) is 31.2 Å². The second-order valence-electron chi connectivity index (χ2n) is 7.39. The van der Waals surface area contributed by atoms with Gasteiger partial charge in [-0.25, -0.2) is 0 Å². The van der Waals surface area contributed by atoms with Crippen LogP contribution in [0.4, 0.5) is 0 Å². The molecule has 2 rings (SSSR count). The number of aliphatic imine (C=N–C) groups is 1. The Morgan fingerprint density at radius 2 is 2.21 bits per heavy atom. The van der Waals surface area contributed by atoms with Crippen LogP contribution in [0.1, 0.15) is 45.3 Å². The van der Waals surface area contributed by atoms with Crippen LogP contribution in [0, 0.1) is 5.41 Å². The lowest BCUT2D eigenvalue weighted by Crippen LogP contribution is -2.48. The van der Waals surface area contributed by atoms with E-state index in [1.165, 1.54) is 6.42 Å². The van der Waals surface area contributed by atoms with Gasteiger partial charge in [0, 0.05) is 38.9 Å². The number of hydrogen-bond acceptors (Lipinski definition) is 3. The molecule has 1 aliphatic heterocycles. The molecule has 1 aromatic heterocycles. The minimum absolute atomic E-state index is 0. The normalized spacial score (nSPS) is 19.1. The van der Waals surface area contributed by atoms with Crippen molar-refractivity contribution in [3.05, 3.63) is 18.0 Å². The molecule has 2 heterocycles. The van der Waals surface area contributed by atoms with Gasteiger partial charge < -0.3 is 15.0 Å².